The molecule has 18 aromatic carbocycles. The normalized spacial score (nSPS) is 13.8. The summed E-state index contributed by atoms with van der Waals surface area (Å²) in [5.41, 5.74) is 37.3. The molecule has 5 aromatic heterocycles. The van der Waals surface area contributed by atoms with Crippen molar-refractivity contribution < 1.29 is 0 Å². The summed E-state index contributed by atoms with van der Waals surface area (Å²) in [5, 5.41) is 12.5. The van der Waals surface area contributed by atoms with E-state index >= 15 is 0 Å². The first-order chi connectivity index (χ1) is 62.5. The number of para-hydroxylation sites is 11. The van der Waals surface area contributed by atoms with E-state index in [1.54, 1.807) is 0 Å². The lowest BCUT2D eigenvalue weighted by atomic mass is 9.76. The number of allylic oxidation sites excluding steroid dienone is 2. The van der Waals surface area contributed by atoms with Crippen LogP contribution in [0.25, 0.3) is 137 Å². The lowest BCUT2D eigenvalue weighted by molar-refractivity contribution is 0.744. The maximum absolute atomic E-state index is 2.58. The third-order valence-electron chi connectivity index (χ3n) is 27.5. The molecule has 2 atom stereocenters. The van der Waals surface area contributed by atoms with Gasteiger partial charge in [0.1, 0.15) is 0 Å². The molecule has 23 aromatic rings. The van der Waals surface area contributed by atoms with Gasteiger partial charge in [0.15, 0.2) is 0 Å². The van der Waals surface area contributed by atoms with Crippen LogP contribution in [0.15, 0.2) is 437 Å². The number of rotatable bonds is 18. The monoisotopic (exact) mass is 1610 g/mol. The van der Waals surface area contributed by atoms with Crippen LogP contribution >= 0.6 is 0 Å². The van der Waals surface area contributed by atoms with Gasteiger partial charge in [-0.25, -0.2) is 0 Å². The van der Waals surface area contributed by atoms with Crippen molar-refractivity contribution in [2.24, 2.45) is 0 Å². The minimum Gasteiger partial charge on any atom is -0.333 e. The molecule has 6 heteroatoms. The molecule has 0 saturated carbocycles. The fraction of sp³-hybridized carbons (Fsp3) is 0.0667. The first-order valence-electron chi connectivity index (χ1n) is 44.4. The molecule has 0 fully saturated rings. The number of benzene rings is 18. The third kappa shape index (κ3) is 12.1. The highest BCUT2D eigenvalue weighted by Crippen LogP contribution is 2.49. The number of fused-ring (bicyclic) bond motifs is 18. The molecule has 0 bridgehead atoms. The van der Waals surface area contributed by atoms with Gasteiger partial charge in [-0.05, 0) is 250 Å². The van der Waals surface area contributed by atoms with E-state index < -0.39 is 0 Å². The van der Waals surface area contributed by atoms with Crippen LogP contribution in [0.5, 0.6) is 0 Å². The Morgan fingerprint density at radius 1 is 0.167 bits per heavy atom. The number of anilines is 2. The van der Waals surface area contributed by atoms with Crippen molar-refractivity contribution in [2.45, 2.75) is 50.5 Å². The van der Waals surface area contributed by atoms with E-state index in [0.29, 0.717) is 38.5 Å². The van der Waals surface area contributed by atoms with Crippen LogP contribution in [0.2, 0.25) is 0 Å². The molecule has 2 aliphatic rings. The Morgan fingerprint density at radius 2 is 0.349 bits per heavy atom. The Hall–Kier alpha value is -15.8. The predicted molar refractivity (Wildman–Crippen MR) is 527 cm³/mol. The maximum Gasteiger partial charge on any atom is 0.0629 e. The quantitative estimate of drug-likeness (QED) is 0.0841. The lowest BCUT2D eigenvalue weighted by Gasteiger charge is -2.30. The Balaban J connectivity index is 0.735. The van der Waals surface area contributed by atoms with Crippen LogP contribution in [-0.2, 0) is 38.5 Å². The van der Waals surface area contributed by atoms with Crippen LogP contribution < -0.4 is 4.90 Å². The fourth-order valence-electron chi connectivity index (χ4n) is 21.8. The van der Waals surface area contributed by atoms with Crippen molar-refractivity contribution in [3.8, 4) is 28.4 Å². The molecular weight excluding hydrogens is 1530 g/mol. The van der Waals surface area contributed by atoms with Crippen molar-refractivity contribution in [3.63, 3.8) is 0 Å². The summed E-state index contributed by atoms with van der Waals surface area (Å²) >= 11 is 0. The minimum absolute atomic E-state index is 0.175. The van der Waals surface area contributed by atoms with E-state index in [-0.39, 0.29) is 12.0 Å². The third-order valence-corrected chi connectivity index (χ3v) is 27.5. The summed E-state index contributed by atoms with van der Waals surface area (Å²) in [4.78, 5) is 2.58. The SMILES string of the molecule is C1=CC2c3ccccc3N(c3ccc(Cc4c(Cc5ccc(-n6c7ccccc7c7ccccc76)cc5)c(Cc5ccc(-n6c7ccccc7c7ccccc76)cc5)c(Cc5ccc(-n6c7ccccc7c7ccccc76)cc5)c(Cc5ccc(-n6c7ccccc7c7ccccc76)cc5)c4Cc4ccc(-n5c6ccccc6c6ccccc65)cc4)cc3)C2C=C1. The molecule has 2 unspecified atom stereocenters. The summed E-state index contributed by atoms with van der Waals surface area (Å²) in [7, 11) is 0. The molecule has 6 heterocycles. The van der Waals surface area contributed by atoms with Gasteiger partial charge >= 0.3 is 0 Å². The van der Waals surface area contributed by atoms with Gasteiger partial charge < -0.3 is 27.7 Å². The van der Waals surface area contributed by atoms with Crippen LogP contribution in [0.1, 0.15) is 78.2 Å². The maximum atomic E-state index is 2.58. The largest absolute Gasteiger partial charge is 0.333 e. The molecule has 596 valence electrons. The second kappa shape index (κ2) is 30.1. The van der Waals surface area contributed by atoms with Crippen molar-refractivity contribution in [1.29, 1.82) is 0 Å². The summed E-state index contributed by atoms with van der Waals surface area (Å²) in [6, 6.07) is 156. The van der Waals surface area contributed by atoms with Gasteiger partial charge in [0.05, 0.1) is 61.2 Å². The minimum atomic E-state index is 0.175. The van der Waals surface area contributed by atoms with Crippen molar-refractivity contribution in [2.75, 3.05) is 4.90 Å². The van der Waals surface area contributed by atoms with Crippen LogP contribution in [-0.4, -0.2) is 28.9 Å². The van der Waals surface area contributed by atoms with Gasteiger partial charge in [0.2, 0.25) is 0 Å². The molecule has 6 nitrogen and oxygen atoms in total. The van der Waals surface area contributed by atoms with Gasteiger partial charge in [0.25, 0.3) is 0 Å². The van der Waals surface area contributed by atoms with E-state index in [1.807, 2.05) is 0 Å². The van der Waals surface area contributed by atoms with Crippen LogP contribution in [0.3, 0.4) is 0 Å². The molecule has 1 aliphatic heterocycles. The highest BCUT2D eigenvalue weighted by Gasteiger charge is 2.37. The molecular formula is C120H86N6. The Labute approximate surface area is 731 Å². The predicted octanol–water partition coefficient (Wildman–Crippen LogP) is 29.4. The van der Waals surface area contributed by atoms with E-state index in [0.717, 1.165) is 28.4 Å². The Morgan fingerprint density at radius 3 is 0.571 bits per heavy atom. The molecule has 0 N–H and O–H groups in total. The summed E-state index contributed by atoms with van der Waals surface area (Å²) in [5.74, 6) is 0.270. The van der Waals surface area contributed by atoms with E-state index in [2.05, 4.69) is 465 Å². The zero-order valence-corrected chi connectivity index (χ0v) is 69.6. The van der Waals surface area contributed by atoms with Gasteiger partial charge in [-0.1, -0.05) is 297 Å². The average Bonchev–Trinajstić information content (AvgIpc) is 0.968. The van der Waals surface area contributed by atoms with E-state index in [1.165, 1.54) is 193 Å². The molecule has 0 saturated heterocycles. The second-order valence-corrected chi connectivity index (χ2v) is 34.5. The summed E-state index contributed by atoms with van der Waals surface area (Å²) < 4.78 is 12.3. The zero-order valence-electron chi connectivity index (χ0n) is 69.6. The zero-order chi connectivity index (χ0) is 82.9. The van der Waals surface area contributed by atoms with Gasteiger partial charge in [-0.2, -0.15) is 0 Å². The molecule has 25 rings (SSSR count). The topological polar surface area (TPSA) is 27.9 Å². The first kappa shape index (κ1) is 73.0. The van der Waals surface area contributed by atoms with E-state index in [4.69, 9.17) is 0 Å². The van der Waals surface area contributed by atoms with Crippen molar-refractivity contribution >= 4 is 120 Å². The molecule has 0 spiro atoms. The smallest absolute Gasteiger partial charge is 0.0629 e. The summed E-state index contributed by atoms with van der Waals surface area (Å²) in [6.07, 6.45) is 13.4. The number of hydrogen-bond donors (Lipinski definition) is 0. The highest BCUT2D eigenvalue weighted by atomic mass is 15.2. The van der Waals surface area contributed by atoms with E-state index in [9.17, 15) is 0 Å². The van der Waals surface area contributed by atoms with Gasteiger partial charge in [-0.3, -0.25) is 0 Å². The number of aromatic nitrogens is 5. The van der Waals surface area contributed by atoms with Gasteiger partial charge in [0, 0.05) is 99.6 Å². The standard InChI is InChI=1S/C120H86N6/c1-13-37-109-91(25-1)92-26-2-14-38-110(92)121(109)85-61-49-79(50-62-85)73-103-104(74-80-51-63-86(64-52-80)122-111-39-15-3-27-93(111)94-28-4-16-40-112(94)122)106(76-82-55-67-88(68-56-82)124-115-43-19-7-31-97(115)98-32-8-20-44-116(98)124)108(78-84-59-71-90(72-60-84)126-119-47-23-11-35-101(119)102-36-12-24-48-120(102)126)107(77-83-57-69-89(70-58-83)125-117-45-21-9-33-99(117)100-34-10-22-46-118(100)125)105(103)75-81-53-65-87(66-54-81)123-113-41-17-5-29-95(113)96-30-6-18-42-114(96)123/h1-72,91,109H,73-78H2. The number of nitrogens with zero attached hydrogens (tertiary/aromatic N) is 6. The first-order valence-corrected chi connectivity index (χ1v) is 44.4. The Kier molecular flexibility index (Phi) is 17.4. The second-order valence-electron chi connectivity index (χ2n) is 34.5. The van der Waals surface area contributed by atoms with Crippen molar-refractivity contribution in [1.82, 2.24) is 22.8 Å². The Bertz CT molecular complexity index is 7700. The number of hydrogen-bond acceptors (Lipinski definition) is 1. The van der Waals surface area contributed by atoms with Crippen molar-refractivity contribution in [3.05, 3.63) is 509 Å². The molecule has 0 amide bonds. The lowest BCUT2D eigenvalue weighted by Crippen LogP contribution is -2.28. The van der Waals surface area contributed by atoms with Crippen LogP contribution in [0.4, 0.5) is 11.4 Å². The fourth-order valence-corrected chi connectivity index (χ4v) is 21.8. The average molecular weight is 1610 g/mol. The summed E-state index contributed by atoms with van der Waals surface area (Å²) in [6.45, 7) is 0. The molecule has 126 heavy (non-hydrogen) atoms. The highest BCUT2D eigenvalue weighted by molar-refractivity contribution is 6.13. The van der Waals surface area contributed by atoms with Gasteiger partial charge in [-0.15, -0.1) is 0 Å². The van der Waals surface area contributed by atoms with Crippen LogP contribution in [0, 0.1) is 0 Å². The molecule has 1 aliphatic carbocycles. The molecule has 0 radical (unpaired) electrons.